The Hall–Kier alpha value is -1.16. The van der Waals surface area contributed by atoms with Crippen molar-refractivity contribution in [3.63, 3.8) is 0 Å². The standard InChI is InChI=1S/C11H14F2N2/c12-7-4-8(13)6-9(5-7)15-11-3-1-2-10(11)14/h4-6,10-11,15H,1-3,14H2/t10-,11-/m0/s1. The van der Waals surface area contributed by atoms with Crippen LogP contribution in [0.5, 0.6) is 0 Å². The minimum Gasteiger partial charge on any atom is -0.381 e. The van der Waals surface area contributed by atoms with Gasteiger partial charge in [-0.25, -0.2) is 8.78 Å². The molecule has 1 aliphatic rings. The van der Waals surface area contributed by atoms with Crippen LogP contribution < -0.4 is 11.1 Å². The molecule has 0 amide bonds. The molecule has 4 heteroatoms. The lowest BCUT2D eigenvalue weighted by atomic mass is 10.1. The van der Waals surface area contributed by atoms with Crippen LogP contribution in [0.25, 0.3) is 0 Å². The highest BCUT2D eigenvalue weighted by molar-refractivity contribution is 5.45. The van der Waals surface area contributed by atoms with E-state index in [1.807, 2.05) is 0 Å². The lowest BCUT2D eigenvalue weighted by molar-refractivity contribution is 0.581. The Balaban J connectivity index is 2.10. The van der Waals surface area contributed by atoms with Crippen LogP contribution in [0.15, 0.2) is 18.2 Å². The zero-order valence-corrected chi connectivity index (χ0v) is 8.34. The smallest absolute Gasteiger partial charge is 0.128 e. The molecular formula is C11H14F2N2. The first-order valence-electron chi connectivity index (χ1n) is 5.13. The maximum Gasteiger partial charge on any atom is 0.128 e. The number of anilines is 1. The highest BCUT2D eigenvalue weighted by atomic mass is 19.1. The van der Waals surface area contributed by atoms with Crippen molar-refractivity contribution in [2.75, 3.05) is 5.32 Å². The topological polar surface area (TPSA) is 38.0 Å². The first-order valence-corrected chi connectivity index (χ1v) is 5.13. The summed E-state index contributed by atoms with van der Waals surface area (Å²) >= 11 is 0. The van der Waals surface area contributed by atoms with Crippen LogP contribution in [0.4, 0.5) is 14.5 Å². The minimum absolute atomic E-state index is 0.0799. The first-order chi connectivity index (χ1) is 7.15. The molecule has 0 saturated heterocycles. The van der Waals surface area contributed by atoms with Crippen LogP contribution in [0.3, 0.4) is 0 Å². The van der Waals surface area contributed by atoms with Gasteiger partial charge in [0.15, 0.2) is 0 Å². The molecule has 1 aromatic rings. The molecular weight excluding hydrogens is 198 g/mol. The fourth-order valence-electron chi connectivity index (χ4n) is 2.02. The average Bonchev–Trinajstić information content (AvgIpc) is 2.50. The second kappa shape index (κ2) is 4.14. The molecule has 0 spiro atoms. The number of hydrogen-bond donors (Lipinski definition) is 2. The summed E-state index contributed by atoms with van der Waals surface area (Å²) in [6, 6.07) is 3.64. The molecule has 0 bridgehead atoms. The van der Waals surface area contributed by atoms with E-state index in [0.717, 1.165) is 25.3 Å². The molecule has 1 fully saturated rings. The predicted octanol–water partition coefficient (Wildman–Crippen LogP) is 2.26. The van der Waals surface area contributed by atoms with Gasteiger partial charge in [-0.15, -0.1) is 0 Å². The number of halogens is 2. The molecule has 2 atom stereocenters. The number of nitrogens with two attached hydrogens (primary N) is 1. The van der Waals surface area contributed by atoms with Crippen LogP contribution in [0, 0.1) is 11.6 Å². The van der Waals surface area contributed by atoms with E-state index in [1.165, 1.54) is 12.1 Å². The molecule has 2 nitrogen and oxygen atoms in total. The molecule has 0 aliphatic heterocycles. The van der Waals surface area contributed by atoms with E-state index in [2.05, 4.69) is 5.32 Å². The summed E-state index contributed by atoms with van der Waals surface area (Å²) in [5.74, 6) is -1.13. The van der Waals surface area contributed by atoms with Crippen LogP contribution >= 0.6 is 0 Å². The van der Waals surface area contributed by atoms with E-state index in [0.29, 0.717) is 5.69 Å². The van der Waals surface area contributed by atoms with Gasteiger partial charge in [-0.2, -0.15) is 0 Å². The Morgan fingerprint density at radius 3 is 2.33 bits per heavy atom. The average molecular weight is 212 g/mol. The predicted molar refractivity (Wildman–Crippen MR) is 55.6 cm³/mol. The molecule has 1 saturated carbocycles. The van der Waals surface area contributed by atoms with Gasteiger partial charge >= 0.3 is 0 Å². The molecule has 1 aliphatic carbocycles. The van der Waals surface area contributed by atoms with Crippen molar-refractivity contribution in [2.45, 2.75) is 31.3 Å². The second-order valence-electron chi connectivity index (χ2n) is 4.00. The summed E-state index contributed by atoms with van der Waals surface area (Å²) in [5, 5.41) is 3.07. The van der Waals surface area contributed by atoms with Gasteiger partial charge in [-0.1, -0.05) is 0 Å². The fourth-order valence-corrected chi connectivity index (χ4v) is 2.02. The van der Waals surface area contributed by atoms with Crippen molar-refractivity contribution in [3.8, 4) is 0 Å². The zero-order valence-electron chi connectivity index (χ0n) is 8.34. The van der Waals surface area contributed by atoms with Gasteiger partial charge in [0.1, 0.15) is 11.6 Å². The normalized spacial score (nSPS) is 25.5. The van der Waals surface area contributed by atoms with Gasteiger partial charge in [-0.3, -0.25) is 0 Å². The van der Waals surface area contributed by atoms with E-state index in [-0.39, 0.29) is 12.1 Å². The van der Waals surface area contributed by atoms with Crippen LogP contribution in [-0.4, -0.2) is 12.1 Å². The van der Waals surface area contributed by atoms with Gasteiger partial charge < -0.3 is 11.1 Å². The molecule has 15 heavy (non-hydrogen) atoms. The van der Waals surface area contributed by atoms with E-state index >= 15 is 0 Å². The van der Waals surface area contributed by atoms with Crippen molar-refractivity contribution in [1.82, 2.24) is 0 Å². The molecule has 0 heterocycles. The van der Waals surface area contributed by atoms with Gasteiger partial charge in [0.05, 0.1) is 0 Å². The van der Waals surface area contributed by atoms with Gasteiger partial charge in [0.25, 0.3) is 0 Å². The Bertz CT molecular complexity index is 334. The SMILES string of the molecule is N[C@H]1CCC[C@@H]1Nc1cc(F)cc(F)c1. The van der Waals surface area contributed by atoms with Crippen molar-refractivity contribution in [1.29, 1.82) is 0 Å². The molecule has 0 unspecified atom stereocenters. The van der Waals surface area contributed by atoms with Crippen LogP contribution in [0.1, 0.15) is 19.3 Å². The largest absolute Gasteiger partial charge is 0.381 e. The van der Waals surface area contributed by atoms with Gasteiger partial charge in [0, 0.05) is 23.8 Å². The van der Waals surface area contributed by atoms with Crippen molar-refractivity contribution in [2.24, 2.45) is 5.73 Å². The molecule has 0 radical (unpaired) electrons. The lowest BCUT2D eigenvalue weighted by Gasteiger charge is -2.18. The van der Waals surface area contributed by atoms with E-state index < -0.39 is 11.6 Å². The van der Waals surface area contributed by atoms with Crippen molar-refractivity contribution < 1.29 is 8.78 Å². The lowest BCUT2D eigenvalue weighted by Crippen LogP contribution is -2.35. The summed E-state index contributed by atoms with van der Waals surface area (Å²) in [4.78, 5) is 0. The maximum atomic E-state index is 12.9. The van der Waals surface area contributed by atoms with Crippen LogP contribution in [0.2, 0.25) is 0 Å². The van der Waals surface area contributed by atoms with Crippen molar-refractivity contribution in [3.05, 3.63) is 29.8 Å². The first kappa shape index (κ1) is 10.4. The van der Waals surface area contributed by atoms with Crippen molar-refractivity contribution >= 4 is 5.69 Å². The third-order valence-electron chi connectivity index (χ3n) is 2.78. The zero-order chi connectivity index (χ0) is 10.8. The molecule has 1 aromatic carbocycles. The van der Waals surface area contributed by atoms with Gasteiger partial charge in [-0.05, 0) is 31.4 Å². The third kappa shape index (κ3) is 2.45. The Labute approximate surface area is 87.5 Å². The Morgan fingerprint density at radius 2 is 1.80 bits per heavy atom. The summed E-state index contributed by atoms with van der Waals surface area (Å²) < 4.78 is 25.8. The number of benzene rings is 1. The summed E-state index contributed by atoms with van der Waals surface area (Å²) in [7, 11) is 0. The number of hydrogen-bond acceptors (Lipinski definition) is 2. The highest BCUT2D eigenvalue weighted by Crippen LogP contribution is 2.22. The summed E-state index contributed by atoms with van der Waals surface area (Å²) in [6.45, 7) is 0. The minimum atomic E-state index is -0.566. The fraction of sp³-hybridized carbons (Fsp3) is 0.455. The molecule has 82 valence electrons. The highest BCUT2D eigenvalue weighted by Gasteiger charge is 2.23. The van der Waals surface area contributed by atoms with E-state index in [1.54, 1.807) is 0 Å². The number of rotatable bonds is 2. The van der Waals surface area contributed by atoms with E-state index in [9.17, 15) is 8.78 Å². The van der Waals surface area contributed by atoms with E-state index in [4.69, 9.17) is 5.73 Å². The van der Waals surface area contributed by atoms with Crippen LogP contribution in [-0.2, 0) is 0 Å². The number of nitrogens with one attached hydrogen (secondary N) is 1. The maximum absolute atomic E-state index is 12.9. The molecule has 2 rings (SSSR count). The van der Waals surface area contributed by atoms with Gasteiger partial charge in [0.2, 0.25) is 0 Å². The monoisotopic (exact) mass is 212 g/mol. The third-order valence-corrected chi connectivity index (χ3v) is 2.78. The quantitative estimate of drug-likeness (QED) is 0.789. The second-order valence-corrected chi connectivity index (χ2v) is 4.00. The molecule has 3 N–H and O–H groups in total. The summed E-state index contributed by atoms with van der Waals surface area (Å²) in [5.41, 5.74) is 6.32. The Morgan fingerprint density at radius 1 is 1.13 bits per heavy atom. The summed E-state index contributed by atoms with van der Waals surface area (Å²) in [6.07, 6.45) is 2.99. The Kier molecular flexibility index (Phi) is 2.86. The molecule has 0 aromatic heterocycles.